The molecule has 16 heteroatoms. The number of carbonyl (C=O) groups is 7. The topological polar surface area (TPSA) is 219 Å². The van der Waals surface area contributed by atoms with Crippen LogP contribution < -0.4 is 36.6 Å². The normalized spacial score (nSPS) is 19.3. The maximum Gasteiger partial charge on any atom is 0.514 e. The summed E-state index contributed by atoms with van der Waals surface area (Å²) in [5, 5.41) is 16.1. The van der Waals surface area contributed by atoms with E-state index in [0.29, 0.717) is 12.0 Å². The van der Waals surface area contributed by atoms with Gasteiger partial charge in [0, 0.05) is 19.4 Å². The number of ether oxygens (including phenoxy) is 3. The number of amides is 6. The number of hydrogen-bond donors (Lipinski definition) is 6. The second-order valence-corrected chi connectivity index (χ2v) is 16.3. The number of rotatable bonds is 10. The van der Waals surface area contributed by atoms with Crippen molar-refractivity contribution in [2.75, 3.05) is 13.1 Å². The van der Waals surface area contributed by atoms with E-state index in [-0.39, 0.29) is 43.9 Å². The van der Waals surface area contributed by atoms with E-state index in [2.05, 4.69) is 31.9 Å². The molecule has 0 saturated carbocycles. The monoisotopic (exact) mass is 794 g/mol. The van der Waals surface area contributed by atoms with Crippen LogP contribution in [0.25, 0.3) is 0 Å². The smallest absolute Gasteiger partial charge is 0.444 e. The van der Waals surface area contributed by atoms with Crippen molar-refractivity contribution in [3.05, 3.63) is 65.7 Å². The molecule has 2 aromatic rings. The minimum absolute atomic E-state index is 0.0488. The summed E-state index contributed by atoms with van der Waals surface area (Å²) in [5.74, 6) is -2.80. The minimum Gasteiger partial charge on any atom is -0.444 e. The molecule has 3 rings (SSSR count). The van der Waals surface area contributed by atoms with Gasteiger partial charge in [-0.05, 0) is 90.0 Å². The highest BCUT2D eigenvalue weighted by Crippen LogP contribution is 2.17. The van der Waals surface area contributed by atoms with Crippen molar-refractivity contribution < 1.29 is 47.8 Å². The molecule has 1 fully saturated rings. The van der Waals surface area contributed by atoms with Crippen molar-refractivity contribution >= 4 is 41.8 Å². The molecule has 312 valence electrons. The summed E-state index contributed by atoms with van der Waals surface area (Å²) in [6, 6.07) is 10.9. The number of carbonyl (C=O) groups excluding carboxylic acids is 7. The molecule has 1 saturated heterocycles. The lowest BCUT2D eigenvalue weighted by molar-refractivity contribution is -0.133. The van der Waals surface area contributed by atoms with Crippen molar-refractivity contribution in [1.29, 1.82) is 0 Å². The summed E-state index contributed by atoms with van der Waals surface area (Å²) >= 11 is 0. The lowest BCUT2D eigenvalue weighted by Gasteiger charge is -2.25. The first-order chi connectivity index (χ1) is 26.7. The fourth-order valence-electron chi connectivity index (χ4n) is 5.71. The van der Waals surface area contributed by atoms with Gasteiger partial charge in [0.05, 0.1) is 6.54 Å². The van der Waals surface area contributed by atoms with E-state index < -0.39 is 83.7 Å². The number of hydrogen-bond acceptors (Lipinski definition) is 10. The Bertz CT molecular complexity index is 1700. The van der Waals surface area contributed by atoms with Crippen LogP contribution in [0.15, 0.2) is 54.6 Å². The van der Waals surface area contributed by atoms with E-state index in [1.54, 1.807) is 65.8 Å². The summed E-state index contributed by atoms with van der Waals surface area (Å²) in [4.78, 5) is 92.6. The molecule has 57 heavy (non-hydrogen) atoms. The summed E-state index contributed by atoms with van der Waals surface area (Å²) in [6.07, 6.45) is -1.05. The first kappa shape index (κ1) is 45.7. The Hall–Kier alpha value is -5.67. The van der Waals surface area contributed by atoms with E-state index >= 15 is 0 Å². The Labute approximate surface area is 334 Å². The van der Waals surface area contributed by atoms with Gasteiger partial charge >= 0.3 is 12.2 Å². The van der Waals surface area contributed by atoms with Gasteiger partial charge in [0.15, 0.2) is 0 Å². The zero-order valence-corrected chi connectivity index (χ0v) is 34.1. The fraction of sp³-hybridized carbons (Fsp3) is 0.537. The van der Waals surface area contributed by atoms with Gasteiger partial charge in [0.1, 0.15) is 41.1 Å². The van der Waals surface area contributed by atoms with E-state index in [0.717, 1.165) is 5.56 Å². The third kappa shape index (κ3) is 17.3. The zero-order chi connectivity index (χ0) is 42.3. The standard InChI is InChI=1S/C41H58N6O10/c1-25(2)21-30-35(50)42-20-12-15-29(34(49)43-24-33(48)44-31(36(51)46-30)22-26-13-10-9-11-14-26)45-37(52)32(47-38(53)56-40(3,4)5)23-27-16-18-28(19-17-27)55-39(54)57-41(6,7)8/h9-11,13-14,16-19,25,29-32H,12,15,20-24H2,1-8H3,(H,42,50)(H,43,49)(H,44,48)(H,45,52)(H,46,51)(H,47,53)/t29-,30+,31+,32+/m1/s1. The first-order valence-electron chi connectivity index (χ1n) is 19.2. The van der Waals surface area contributed by atoms with Crippen LogP contribution in [0.4, 0.5) is 9.59 Å². The molecular formula is C41H58N6O10. The molecular weight excluding hydrogens is 736 g/mol. The zero-order valence-electron chi connectivity index (χ0n) is 34.1. The van der Waals surface area contributed by atoms with Crippen LogP contribution in [0.2, 0.25) is 0 Å². The molecule has 0 aromatic heterocycles. The Morgan fingerprint density at radius 2 is 1.42 bits per heavy atom. The predicted octanol–water partition coefficient (Wildman–Crippen LogP) is 3.21. The molecule has 0 spiro atoms. The van der Waals surface area contributed by atoms with Gasteiger partial charge in [0.2, 0.25) is 29.5 Å². The predicted molar refractivity (Wildman–Crippen MR) is 211 cm³/mol. The first-order valence-corrected chi connectivity index (χ1v) is 19.2. The molecule has 6 amide bonds. The van der Waals surface area contributed by atoms with Crippen LogP contribution in [0, 0.1) is 5.92 Å². The van der Waals surface area contributed by atoms with E-state index in [4.69, 9.17) is 14.2 Å². The van der Waals surface area contributed by atoms with Crippen LogP contribution in [0.1, 0.15) is 85.8 Å². The molecule has 1 aliphatic rings. The molecule has 1 aliphatic heterocycles. The SMILES string of the molecule is CC(C)C[C@@H]1NC(=O)[C@H](Cc2ccccc2)NC(=O)CNC(=O)[C@H](NC(=O)[C@H](Cc2ccc(OC(=O)OC(C)(C)C)cc2)NC(=O)OC(C)(C)C)CCCNC1=O. The number of benzene rings is 2. The lowest BCUT2D eigenvalue weighted by Crippen LogP contribution is -2.56. The Morgan fingerprint density at radius 1 is 0.772 bits per heavy atom. The maximum atomic E-state index is 13.9. The third-order valence-corrected chi connectivity index (χ3v) is 8.26. The van der Waals surface area contributed by atoms with Gasteiger partial charge < -0.3 is 46.1 Å². The van der Waals surface area contributed by atoms with Crippen molar-refractivity contribution in [3.63, 3.8) is 0 Å². The molecule has 16 nitrogen and oxygen atoms in total. The molecule has 0 bridgehead atoms. The van der Waals surface area contributed by atoms with Crippen LogP contribution in [-0.2, 0) is 46.3 Å². The van der Waals surface area contributed by atoms with Gasteiger partial charge in [0.25, 0.3) is 0 Å². The van der Waals surface area contributed by atoms with E-state index in [1.165, 1.54) is 12.1 Å². The lowest BCUT2D eigenvalue weighted by atomic mass is 10.0. The van der Waals surface area contributed by atoms with Crippen molar-refractivity contribution in [2.24, 2.45) is 5.92 Å². The quantitative estimate of drug-likeness (QED) is 0.152. The molecule has 6 N–H and O–H groups in total. The van der Waals surface area contributed by atoms with Crippen molar-refractivity contribution in [2.45, 2.75) is 123 Å². The van der Waals surface area contributed by atoms with E-state index in [1.807, 2.05) is 32.0 Å². The summed E-state index contributed by atoms with van der Waals surface area (Å²) in [6.45, 7) is 13.6. The minimum atomic E-state index is -1.24. The highest BCUT2D eigenvalue weighted by Gasteiger charge is 2.31. The Balaban J connectivity index is 1.83. The molecule has 0 unspecified atom stereocenters. The third-order valence-electron chi connectivity index (χ3n) is 8.26. The second kappa shape index (κ2) is 21.0. The van der Waals surface area contributed by atoms with E-state index in [9.17, 15) is 33.6 Å². The summed E-state index contributed by atoms with van der Waals surface area (Å²) in [7, 11) is 0. The fourth-order valence-corrected chi connectivity index (χ4v) is 5.71. The maximum absolute atomic E-state index is 13.9. The highest BCUT2D eigenvalue weighted by molar-refractivity contribution is 5.95. The highest BCUT2D eigenvalue weighted by atomic mass is 16.7. The Morgan fingerprint density at radius 3 is 2.04 bits per heavy atom. The van der Waals surface area contributed by atoms with Crippen LogP contribution >= 0.6 is 0 Å². The summed E-state index contributed by atoms with van der Waals surface area (Å²) < 4.78 is 15.8. The molecule has 4 atom stereocenters. The largest absolute Gasteiger partial charge is 0.514 e. The van der Waals surface area contributed by atoms with Gasteiger partial charge in [-0.25, -0.2) is 9.59 Å². The van der Waals surface area contributed by atoms with Gasteiger partial charge in [-0.15, -0.1) is 0 Å². The van der Waals surface area contributed by atoms with Gasteiger partial charge in [-0.3, -0.25) is 24.0 Å². The number of alkyl carbamates (subject to hydrolysis) is 1. The molecule has 0 radical (unpaired) electrons. The van der Waals surface area contributed by atoms with Crippen molar-refractivity contribution in [3.8, 4) is 5.75 Å². The molecule has 0 aliphatic carbocycles. The molecule has 1 heterocycles. The average molecular weight is 795 g/mol. The van der Waals surface area contributed by atoms with Crippen LogP contribution in [0.5, 0.6) is 5.75 Å². The second-order valence-electron chi connectivity index (χ2n) is 16.3. The average Bonchev–Trinajstić information content (AvgIpc) is 3.10. The van der Waals surface area contributed by atoms with Crippen LogP contribution in [0.3, 0.4) is 0 Å². The number of nitrogens with one attached hydrogen (secondary N) is 6. The van der Waals surface area contributed by atoms with Crippen molar-refractivity contribution in [1.82, 2.24) is 31.9 Å². The van der Waals surface area contributed by atoms with Crippen LogP contribution in [-0.4, -0.2) is 90.2 Å². The molecule has 2 aromatic carbocycles. The van der Waals surface area contributed by atoms with Gasteiger partial charge in [-0.1, -0.05) is 56.3 Å². The van der Waals surface area contributed by atoms with Gasteiger partial charge in [-0.2, -0.15) is 0 Å². The summed E-state index contributed by atoms with van der Waals surface area (Å²) in [5.41, 5.74) is -0.298. The Kier molecular flexibility index (Phi) is 16.9.